The minimum absolute atomic E-state index is 0.196. The van der Waals surface area contributed by atoms with E-state index >= 15 is 0 Å². The van der Waals surface area contributed by atoms with Crippen molar-refractivity contribution in [3.05, 3.63) is 35.4 Å². The Morgan fingerprint density at radius 2 is 1.89 bits per heavy atom. The molecule has 1 aliphatic heterocycles. The smallest absolute Gasteiger partial charge is 0.326 e. The molecule has 102 valence electrons. The fourth-order valence-corrected chi connectivity index (χ4v) is 2.31. The molecule has 0 saturated carbocycles. The van der Waals surface area contributed by atoms with E-state index in [-0.39, 0.29) is 12.0 Å². The van der Waals surface area contributed by atoms with Crippen molar-refractivity contribution in [1.82, 2.24) is 4.90 Å². The van der Waals surface area contributed by atoms with E-state index in [1.807, 2.05) is 0 Å². The molecule has 19 heavy (non-hydrogen) atoms. The van der Waals surface area contributed by atoms with Crippen molar-refractivity contribution in [2.45, 2.75) is 25.3 Å². The summed E-state index contributed by atoms with van der Waals surface area (Å²) in [7, 11) is 0. The maximum Gasteiger partial charge on any atom is 0.326 e. The highest BCUT2D eigenvalue weighted by Crippen LogP contribution is 2.19. The lowest BCUT2D eigenvalue weighted by Gasteiger charge is -2.21. The van der Waals surface area contributed by atoms with Gasteiger partial charge in [0.2, 0.25) is 5.91 Å². The van der Waals surface area contributed by atoms with Crippen molar-refractivity contribution < 1.29 is 23.5 Å². The van der Waals surface area contributed by atoms with Crippen molar-refractivity contribution in [1.29, 1.82) is 0 Å². The van der Waals surface area contributed by atoms with Gasteiger partial charge in [-0.25, -0.2) is 13.6 Å². The Morgan fingerprint density at radius 1 is 1.26 bits per heavy atom. The Hall–Kier alpha value is -1.98. The van der Waals surface area contributed by atoms with Crippen LogP contribution in [0.25, 0.3) is 0 Å². The monoisotopic (exact) mass is 269 g/mol. The predicted molar refractivity (Wildman–Crippen MR) is 62.4 cm³/mol. The zero-order valence-corrected chi connectivity index (χ0v) is 10.1. The number of halogens is 2. The van der Waals surface area contributed by atoms with Gasteiger partial charge in [0.05, 0.1) is 6.42 Å². The second kappa shape index (κ2) is 5.34. The number of carbonyl (C=O) groups excluding carboxylic acids is 1. The van der Waals surface area contributed by atoms with Crippen molar-refractivity contribution in [2.24, 2.45) is 0 Å². The fraction of sp³-hybridized carbons (Fsp3) is 0.385. The van der Waals surface area contributed by atoms with Gasteiger partial charge in [0.1, 0.15) is 17.7 Å². The van der Waals surface area contributed by atoms with Crippen LogP contribution in [0.15, 0.2) is 18.2 Å². The van der Waals surface area contributed by atoms with E-state index in [2.05, 4.69) is 0 Å². The van der Waals surface area contributed by atoms with Crippen LogP contribution in [0.2, 0.25) is 0 Å². The van der Waals surface area contributed by atoms with Gasteiger partial charge in [0.15, 0.2) is 0 Å². The summed E-state index contributed by atoms with van der Waals surface area (Å²) >= 11 is 0. The summed E-state index contributed by atoms with van der Waals surface area (Å²) in [5, 5.41) is 8.97. The number of carboxylic acid groups (broad SMARTS) is 1. The van der Waals surface area contributed by atoms with Crippen LogP contribution in [-0.2, 0) is 16.0 Å². The van der Waals surface area contributed by atoms with E-state index in [0.29, 0.717) is 19.4 Å². The first kappa shape index (κ1) is 13.5. The molecule has 6 heteroatoms. The van der Waals surface area contributed by atoms with Gasteiger partial charge in [0.25, 0.3) is 0 Å². The third-order valence-electron chi connectivity index (χ3n) is 3.14. The van der Waals surface area contributed by atoms with Gasteiger partial charge in [-0.3, -0.25) is 4.79 Å². The van der Waals surface area contributed by atoms with Crippen molar-refractivity contribution in [3.63, 3.8) is 0 Å². The minimum atomic E-state index is -1.05. The summed E-state index contributed by atoms with van der Waals surface area (Å²) in [5.74, 6) is -2.97. The van der Waals surface area contributed by atoms with Crippen molar-refractivity contribution in [2.75, 3.05) is 6.54 Å². The van der Waals surface area contributed by atoms with Gasteiger partial charge >= 0.3 is 5.97 Å². The summed E-state index contributed by atoms with van der Waals surface area (Å²) in [4.78, 5) is 24.2. The van der Waals surface area contributed by atoms with E-state index in [1.165, 1.54) is 4.90 Å². The van der Waals surface area contributed by atoms with E-state index in [9.17, 15) is 18.4 Å². The lowest BCUT2D eigenvalue weighted by molar-refractivity contribution is -0.148. The third kappa shape index (κ3) is 3.07. The van der Waals surface area contributed by atoms with Crippen molar-refractivity contribution in [3.8, 4) is 0 Å². The second-order valence-corrected chi connectivity index (χ2v) is 4.54. The second-order valence-electron chi connectivity index (χ2n) is 4.54. The molecule has 1 amide bonds. The SMILES string of the molecule is O=C(O)C1CCCN1C(=O)Cc1cc(F)cc(F)c1. The van der Waals surface area contributed by atoms with Gasteiger partial charge < -0.3 is 10.0 Å². The molecular weight excluding hydrogens is 256 g/mol. The molecule has 1 atom stereocenters. The van der Waals surface area contributed by atoms with Crippen molar-refractivity contribution >= 4 is 11.9 Å². The molecular formula is C13H13F2NO3. The highest BCUT2D eigenvalue weighted by molar-refractivity contribution is 5.85. The van der Waals surface area contributed by atoms with Crippen LogP contribution in [0, 0.1) is 11.6 Å². The number of carboxylic acids is 1. The number of aliphatic carboxylic acids is 1. The van der Waals surface area contributed by atoms with E-state index < -0.39 is 29.6 Å². The Kier molecular flexibility index (Phi) is 3.78. The molecule has 1 fully saturated rings. The number of likely N-dealkylation sites (tertiary alicyclic amines) is 1. The average Bonchev–Trinajstić information content (AvgIpc) is 2.75. The Labute approximate surface area is 108 Å². The van der Waals surface area contributed by atoms with E-state index in [4.69, 9.17) is 5.11 Å². The van der Waals surface area contributed by atoms with Gasteiger partial charge in [-0.2, -0.15) is 0 Å². The molecule has 4 nitrogen and oxygen atoms in total. The molecule has 1 unspecified atom stereocenters. The molecule has 1 aromatic carbocycles. The number of carbonyl (C=O) groups is 2. The molecule has 1 saturated heterocycles. The first-order valence-electron chi connectivity index (χ1n) is 5.94. The highest BCUT2D eigenvalue weighted by Gasteiger charge is 2.33. The summed E-state index contributed by atoms with van der Waals surface area (Å²) in [5.41, 5.74) is 0.207. The highest BCUT2D eigenvalue weighted by atomic mass is 19.1. The van der Waals surface area contributed by atoms with Crippen LogP contribution in [0.1, 0.15) is 18.4 Å². The van der Waals surface area contributed by atoms with Crippen LogP contribution in [0.3, 0.4) is 0 Å². The topological polar surface area (TPSA) is 57.6 Å². The minimum Gasteiger partial charge on any atom is -0.480 e. The largest absolute Gasteiger partial charge is 0.480 e. The summed E-state index contributed by atoms with van der Waals surface area (Å²) in [6, 6.07) is 2.05. The van der Waals surface area contributed by atoms with Crippen LogP contribution in [0.4, 0.5) is 8.78 Å². The normalized spacial score (nSPS) is 18.6. The summed E-state index contributed by atoms with van der Waals surface area (Å²) < 4.78 is 26.0. The number of hydrogen-bond acceptors (Lipinski definition) is 2. The molecule has 2 rings (SSSR count). The molecule has 1 N–H and O–H groups in total. The zero-order chi connectivity index (χ0) is 14.0. The average molecular weight is 269 g/mol. The van der Waals surface area contributed by atoms with Gasteiger partial charge in [-0.15, -0.1) is 0 Å². The molecule has 1 heterocycles. The molecule has 1 aliphatic rings. The predicted octanol–water partition coefficient (Wildman–Crippen LogP) is 1.58. The van der Waals surface area contributed by atoms with Crippen LogP contribution >= 0.6 is 0 Å². The molecule has 1 aromatic rings. The van der Waals surface area contributed by atoms with Gasteiger partial charge in [-0.1, -0.05) is 0 Å². The fourth-order valence-electron chi connectivity index (χ4n) is 2.31. The number of nitrogens with zero attached hydrogens (tertiary/aromatic N) is 1. The zero-order valence-electron chi connectivity index (χ0n) is 10.1. The first-order chi connectivity index (χ1) is 8.97. The van der Waals surface area contributed by atoms with Crippen LogP contribution in [0.5, 0.6) is 0 Å². The van der Waals surface area contributed by atoms with Crippen LogP contribution in [-0.4, -0.2) is 34.5 Å². The molecule has 0 aliphatic carbocycles. The molecule has 0 bridgehead atoms. The Morgan fingerprint density at radius 3 is 2.47 bits per heavy atom. The lowest BCUT2D eigenvalue weighted by atomic mass is 10.1. The third-order valence-corrected chi connectivity index (χ3v) is 3.14. The quantitative estimate of drug-likeness (QED) is 0.906. The number of benzene rings is 1. The number of rotatable bonds is 3. The first-order valence-corrected chi connectivity index (χ1v) is 5.94. The summed E-state index contributed by atoms with van der Waals surface area (Å²) in [6.07, 6.45) is 0.845. The van der Waals surface area contributed by atoms with E-state index in [0.717, 1.165) is 18.2 Å². The Balaban J connectivity index is 2.10. The standard InChI is InChI=1S/C13H13F2NO3/c14-9-4-8(5-10(15)7-9)6-12(17)16-3-1-2-11(16)13(18)19/h4-5,7,11H,1-3,6H2,(H,18,19). The Bertz CT molecular complexity index is 498. The number of hydrogen-bond donors (Lipinski definition) is 1. The maximum absolute atomic E-state index is 13.0. The van der Waals surface area contributed by atoms with Crippen LogP contribution < -0.4 is 0 Å². The van der Waals surface area contributed by atoms with Gasteiger partial charge in [-0.05, 0) is 30.5 Å². The van der Waals surface area contributed by atoms with Gasteiger partial charge in [0, 0.05) is 12.6 Å². The maximum atomic E-state index is 13.0. The molecule has 0 spiro atoms. The molecule has 0 aromatic heterocycles. The summed E-state index contributed by atoms with van der Waals surface area (Å²) in [6.45, 7) is 0.369. The lowest BCUT2D eigenvalue weighted by Crippen LogP contribution is -2.41. The molecule has 0 radical (unpaired) electrons. The number of amides is 1. The van der Waals surface area contributed by atoms with E-state index in [1.54, 1.807) is 0 Å².